The molecule has 3 aromatic rings. The normalized spacial score (nSPS) is 17.7. The number of piperidine rings is 1. The number of alkyl halides is 1. The number of hydrogen-bond donors (Lipinski definition) is 0. The number of hydrogen-bond acceptors (Lipinski definition) is 2. The van der Waals surface area contributed by atoms with Crippen molar-refractivity contribution < 1.29 is 0 Å². The smallest absolute Gasteiger partial charge is 0.127 e. The molecule has 1 aliphatic rings. The molecule has 0 amide bonds. The molecule has 1 aliphatic heterocycles. The zero-order valence-corrected chi connectivity index (χ0v) is 16.4. The Labute approximate surface area is 164 Å². The van der Waals surface area contributed by atoms with E-state index in [9.17, 15) is 0 Å². The zero-order valence-electron chi connectivity index (χ0n) is 14.9. The molecule has 0 bridgehead atoms. The summed E-state index contributed by atoms with van der Waals surface area (Å²) < 4.78 is 2.33. The van der Waals surface area contributed by atoms with E-state index in [2.05, 4.69) is 39.8 Å². The third kappa shape index (κ3) is 3.62. The Kier molecular flexibility index (Phi) is 5.21. The molecule has 26 heavy (non-hydrogen) atoms. The number of likely N-dealkylation sites (tertiary alicyclic amines) is 1. The lowest BCUT2D eigenvalue weighted by molar-refractivity contribution is 0.180. The van der Waals surface area contributed by atoms with Crippen LogP contribution in [0, 0.1) is 0 Å². The van der Waals surface area contributed by atoms with E-state index in [-0.39, 0.29) is 5.38 Å². The first-order chi connectivity index (χ1) is 12.6. The van der Waals surface area contributed by atoms with Crippen LogP contribution < -0.4 is 0 Å². The quantitative estimate of drug-likeness (QED) is 0.525. The monoisotopic (exact) mass is 387 g/mol. The van der Waals surface area contributed by atoms with Crippen molar-refractivity contribution in [3.63, 3.8) is 0 Å². The highest BCUT2D eigenvalue weighted by atomic mass is 35.5. The molecule has 3 nitrogen and oxygen atoms in total. The fourth-order valence-corrected chi connectivity index (χ4v) is 4.25. The van der Waals surface area contributed by atoms with Gasteiger partial charge in [-0.1, -0.05) is 41.9 Å². The lowest BCUT2D eigenvalue weighted by Gasteiger charge is -2.34. The third-order valence-corrected chi connectivity index (χ3v) is 5.64. The van der Waals surface area contributed by atoms with Crippen molar-refractivity contribution in [2.24, 2.45) is 0 Å². The Morgan fingerprint density at radius 3 is 2.54 bits per heavy atom. The molecular weight excluding hydrogens is 365 g/mol. The molecule has 0 radical (unpaired) electrons. The lowest BCUT2D eigenvalue weighted by atomic mass is 10.0. The van der Waals surface area contributed by atoms with Crippen LogP contribution in [0.15, 0.2) is 48.5 Å². The molecule has 136 valence electrons. The SMILES string of the molecule is CC(Cl)c1nc2ccc(Cl)cc2n1C1CCN(Cc2ccccc2)CC1. The molecule has 0 spiro atoms. The number of aromatic nitrogens is 2. The molecule has 1 aromatic heterocycles. The van der Waals surface area contributed by atoms with E-state index in [0.29, 0.717) is 6.04 Å². The maximum atomic E-state index is 6.45. The maximum absolute atomic E-state index is 6.45. The molecule has 0 aliphatic carbocycles. The third-order valence-electron chi connectivity index (χ3n) is 5.21. The molecule has 1 atom stereocenters. The summed E-state index contributed by atoms with van der Waals surface area (Å²) in [6.07, 6.45) is 2.20. The first-order valence-corrected chi connectivity index (χ1v) is 10.0. The minimum atomic E-state index is -0.122. The van der Waals surface area contributed by atoms with Gasteiger partial charge in [-0.15, -0.1) is 11.6 Å². The van der Waals surface area contributed by atoms with Gasteiger partial charge < -0.3 is 4.57 Å². The summed E-state index contributed by atoms with van der Waals surface area (Å²) in [5, 5.41) is 0.623. The average Bonchev–Trinajstić information content (AvgIpc) is 3.02. The van der Waals surface area contributed by atoms with E-state index < -0.39 is 0 Å². The summed E-state index contributed by atoms with van der Waals surface area (Å²) in [5.74, 6) is 0.949. The Morgan fingerprint density at radius 1 is 1.12 bits per heavy atom. The Morgan fingerprint density at radius 2 is 1.85 bits per heavy atom. The van der Waals surface area contributed by atoms with Crippen LogP contribution in [0.5, 0.6) is 0 Å². The van der Waals surface area contributed by atoms with Crippen LogP contribution in [0.1, 0.15) is 42.6 Å². The van der Waals surface area contributed by atoms with E-state index in [1.165, 1.54) is 5.56 Å². The molecule has 1 saturated heterocycles. The Hall–Kier alpha value is -1.55. The zero-order chi connectivity index (χ0) is 18.1. The van der Waals surface area contributed by atoms with Gasteiger partial charge in [-0.2, -0.15) is 0 Å². The van der Waals surface area contributed by atoms with E-state index in [1.54, 1.807) is 0 Å². The second-order valence-corrected chi connectivity index (χ2v) is 8.17. The highest BCUT2D eigenvalue weighted by molar-refractivity contribution is 6.31. The molecule has 1 unspecified atom stereocenters. The van der Waals surface area contributed by atoms with Crippen molar-refractivity contribution >= 4 is 34.2 Å². The number of halogens is 2. The Bertz CT molecular complexity index is 881. The summed E-state index contributed by atoms with van der Waals surface area (Å²) in [7, 11) is 0. The molecule has 4 rings (SSSR count). The highest BCUT2D eigenvalue weighted by Gasteiger charge is 2.26. The topological polar surface area (TPSA) is 21.1 Å². The predicted octanol–water partition coefficient (Wildman–Crippen LogP) is 5.83. The van der Waals surface area contributed by atoms with E-state index in [4.69, 9.17) is 28.2 Å². The molecule has 5 heteroatoms. The van der Waals surface area contributed by atoms with Crippen LogP contribution in [0.2, 0.25) is 5.02 Å². The van der Waals surface area contributed by atoms with Crippen molar-refractivity contribution in [3.05, 3.63) is 64.9 Å². The van der Waals surface area contributed by atoms with Crippen molar-refractivity contribution in [1.29, 1.82) is 0 Å². The van der Waals surface area contributed by atoms with Crippen molar-refractivity contribution in [2.75, 3.05) is 13.1 Å². The maximum Gasteiger partial charge on any atom is 0.127 e. The molecule has 2 heterocycles. The fourth-order valence-electron chi connectivity index (χ4n) is 3.93. The second-order valence-electron chi connectivity index (χ2n) is 7.08. The van der Waals surface area contributed by atoms with E-state index in [0.717, 1.165) is 54.4 Å². The summed E-state index contributed by atoms with van der Waals surface area (Å²) in [6, 6.07) is 17.0. The van der Waals surface area contributed by atoms with Gasteiger partial charge in [0.1, 0.15) is 5.82 Å². The van der Waals surface area contributed by atoms with Gasteiger partial charge in [0.25, 0.3) is 0 Å². The van der Waals surface area contributed by atoms with Gasteiger partial charge in [0, 0.05) is 30.7 Å². The number of nitrogens with zero attached hydrogens (tertiary/aromatic N) is 3. The highest BCUT2D eigenvalue weighted by Crippen LogP contribution is 2.34. The number of benzene rings is 2. The molecule has 0 N–H and O–H groups in total. The van der Waals surface area contributed by atoms with Crippen molar-refractivity contribution in [2.45, 2.75) is 37.7 Å². The minimum Gasteiger partial charge on any atom is -0.323 e. The molecule has 2 aromatic carbocycles. The van der Waals surface area contributed by atoms with Gasteiger partial charge in [-0.3, -0.25) is 4.90 Å². The fraction of sp³-hybridized carbons (Fsp3) is 0.381. The van der Waals surface area contributed by atoms with E-state index >= 15 is 0 Å². The van der Waals surface area contributed by atoms with Crippen LogP contribution >= 0.6 is 23.2 Å². The predicted molar refractivity (Wildman–Crippen MR) is 109 cm³/mol. The van der Waals surface area contributed by atoms with Gasteiger partial charge in [0.05, 0.1) is 16.4 Å². The summed E-state index contributed by atoms with van der Waals surface area (Å²) >= 11 is 12.7. The van der Waals surface area contributed by atoms with Crippen LogP contribution in [-0.2, 0) is 6.54 Å². The number of fused-ring (bicyclic) bond motifs is 1. The van der Waals surface area contributed by atoms with Crippen LogP contribution in [-0.4, -0.2) is 27.5 Å². The van der Waals surface area contributed by atoms with Gasteiger partial charge in [-0.25, -0.2) is 4.98 Å². The average molecular weight is 388 g/mol. The lowest BCUT2D eigenvalue weighted by Crippen LogP contribution is -2.34. The van der Waals surface area contributed by atoms with Crippen molar-refractivity contribution in [3.8, 4) is 0 Å². The first-order valence-electron chi connectivity index (χ1n) is 9.19. The molecule has 1 fully saturated rings. The van der Waals surface area contributed by atoms with Gasteiger partial charge in [0.2, 0.25) is 0 Å². The summed E-state index contributed by atoms with van der Waals surface area (Å²) in [5.41, 5.74) is 3.45. The second kappa shape index (κ2) is 7.59. The van der Waals surface area contributed by atoms with E-state index in [1.807, 2.05) is 25.1 Å². The standard InChI is InChI=1S/C21H23Cl2N3/c1-15(22)21-24-19-8-7-17(23)13-20(19)26(21)18-9-11-25(12-10-18)14-16-5-3-2-4-6-16/h2-8,13,15,18H,9-12,14H2,1H3. The van der Waals surface area contributed by atoms with Crippen LogP contribution in [0.4, 0.5) is 0 Å². The van der Waals surface area contributed by atoms with Gasteiger partial charge in [-0.05, 0) is 43.5 Å². The number of rotatable bonds is 4. The Balaban J connectivity index is 1.55. The summed E-state index contributed by atoms with van der Waals surface area (Å²) in [4.78, 5) is 7.30. The van der Waals surface area contributed by atoms with Crippen LogP contribution in [0.3, 0.4) is 0 Å². The molecule has 0 saturated carbocycles. The molecular formula is C21H23Cl2N3. The largest absolute Gasteiger partial charge is 0.323 e. The minimum absolute atomic E-state index is 0.122. The number of imidazole rings is 1. The summed E-state index contributed by atoms with van der Waals surface area (Å²) in [6.45, 7) is 5.17. The first kappa shape index (κ1) is 17.8. The van der Waals surface area contributed by atoms with Crippen molar-refractivity contribution in [1.82, 2.24) is 14.5 Å². The van der Waals surface area contributed by atoms with Gasteiger partial charge in [0.15, 0.2) is 0 Å². The van der Waals surface area contributed by atoms with Crippen LogP contribution in [0.25, 0.3) is 11.0 Å². The van der Waals surface area contributed by atoms with Gasteiger partial charge >= 0.3 is 0 Å².